The van der Waals surface area contributed by atoms with Crippen molar-refractivity contribution >= 4 is 15.7 Å². The zero-order valence-corrected chi connectivity index (χ0v) is 16.8. The number of sulfonamides is 1. The van der Waals surface area contributed by atoms with Crippen LogP contribution in [-0.2, 0) is 16.4 Å². The van der Waals surface area contributed by atoms with Crippen molar-refractivity contribution in [1.29, 1.82) is 0 Å². The van der Waals surface area contributed by atoms with Crippen LogP contribution < -0.4 is 9.46 Å². The van der Waals surface area contributed by atoms with Crippen LogP contribution in [0.4, 0.5) is 5.69 Å². The molecule has 30 heavy (non-hydrogen) atoms. The highest BCUT2D eigenvalue weighted by Crippen LogP contribution is 2.25. The molecule has 152 valence electrons. The molecule has 0 fully saturated rings. The second-order valence-corrected chi connectivity index (χ2v) is 8.05. The lowest BCUT2D eigenvalue weighted by Crippen LogP contribution is -2.14. The predicted molar refractivity (Wildman–Crippen MR) is 111 cm³/mol. The van der Waals surface area contributed by atoms with Gasteiger partial charge in [0.25, 0.3) is 10.0 Å². The van der Waals surface area contributed by atoms with Crippen molar-refractivity contribution in [2.45, 2.75) is 11.3 Å². The van der Waals surface area contributed by atoms with E-state index >= 15 is 0 Å². The molecule has 0 aliphatic carbocycles. The Morgan fingerprint density at radius 2 is 1.83 bits per heavy atom. The molecular formula is C21H18N4O4S. The summed E-state index contributed by atoms with van der Waals surface area (Å²) in [4.78, 5) is 8.47. The molecule has 0 saturated carbocycles. The number of hydrogen-bond acceptors (Lipinski definition) is 7. The van der Waals surface area contributed by atoms with Crippen LogP contribution in [0.25, 0.3) is 11.4 Å². The maximum Gasteiger partial charge on any atom is 0.262 e. The van der Waals surface area contributed by atoms with E-state index in [-0.39, 0.29) is 11.3 Å². The number of anilines is 1. The summed E-state index contributed by atoms with van der Waals surface area (Å²) in [5, 5.41) is 3.99. The van der Waals surface area contributed by atoms with E-state index in [2.05, 4.69) is 19.8 Å². The average molecular weight is 422 g/mol. The van der Waals surface area contributed by atoms with Crippen LogP contribution in [-0.4, -0.2) is 30.7 Å². The van der Waals surface area contributed by atoms with Gasteiger partial charge in [-0.25, -0.2) is 8.42 Å². The fourth-order valence-electron chi connectivity index (χ4n) is 2.85. The second kappa shape index (κ2) is 8.34. The first-order chi connectivity index (χ1) is 14.5. The number of benzene rings is 2. The van der Waals surface area contributed by atoms with Crippen LogP contribution in [0.15, 0.2) is 82.5 Å². The summed E-state index contributed by atoms with van der Waals surface area (Å²) in [5.41, 5.74) is 1.92. The molecule has 0 unspecified atom stereocenters. The highest BCUT2D eigenvalue weighted by atomic mass is 32.2. The molecule has 2 aromatic carbocycles. The SMILES string of the molecule is COc1cccc(S(=O)(=O)Nc2ccccc2Cc2nc(-c3ccncc3)no2)c1. The van der Waals surface area contributed by atoms with Crippen molar-refractivity contribution in [3.05, 3.63) is 84.5 Å². The van der Waals surface area contributed by atoms with E-state index in [0.29, 0.717) is 28.7 Å². The van der Waals surface area contributed by atoms with E-state index in [1.54, 1.807) is 54.9 Å². The molecule has 0 aliphatic rings. The Bertz CT molecular complexity index is 1260. The Morgan fingerprint density at radius 3 is 2.63 bits per heavy atom. The average Bonchev–Trinajstić information content (AvgIpc) is 3.24. The molecule has 0 atom stereocenters. The van der Waals surface area contributed by atoms with Crippen molar-refractivity contribution in [1.82, 2.24) is 15.1 Å². The Kier molecular flexibility index (Phi) is 5.44. The first kappa shape index (κ1) is 19.6. The Hall–Kier alpha value is -3.72. The maximum absolute atomic E-state index is 12.8. The van der Waals surface area contributed by atoms with Crippen LogP contribution in [0.5, 0.6) is 5.75 Å². The third-order valence-corrected chi connectivity index (χ3v) is 5.72. The number of hydrogen-bond donors (Lipinski definition) is 1. The Morgan fingerprint density at radius 1 is 1.03 bits per heavy atom. The fraction of sp³-hybridized carbons (Fsp3) is 0.0952. The lowest BCUT2D eigenvalue weighted by atomic mass is 10.1. The molecule has 4 aromatic rings. The standard InChI is InChI=1S/C21H18N4O4S/c1-28-17-6-4-7-18(14-17)30(26,27)25-19-8-3-2-5-16(19)13-20-23-21(24-29-20)15-9-11-22-12-10-15/h2-12,14,25H,13H2,1H3. The third-order valence-electron chi connectivity index (χ3n) is 4.36. The first-order valence-electron chi connectivity index (χ1n) is 9.03. The number of aromatic nitrogens is 3. The van der Waals surface area contributed by atoms with Crippen LogP contribution in [0.3, 0.4) is 0 Å². The monoisotopic (exact) mass is 422 g/mol. The van der Waals surface area contributed by atoms with Gasteiger partial charge in [0.2, 0.25) is 11.7 Å². The minimum Gasteiger partial charge on any atom is -0.497 e. The number of nitrogens with one attached hydrogen (secondary N) is 1. The van der Waals surface area contributed by atoms with Gasteiger partial charge in [-0.05, 0) is 35.9 Å². The van der Waals surface area contributed by atoms with Gasteiger partial charge >= 0.3 is 0 Å². The van der Waals surface area contributed by atoms with Gasteiger partial charge in [-0.1, -0.05) is 29.4 Å². The van der Waals surface area contributed by atoms with Gasteiger partial charge in [0.1, 0.15) is 5.75 Å². The van der Waals surface area contributed by atoms with E-state index in [1.807, 2.05) is 6.07 Å². The molecule has 1 N–H and O–H groups in total. The fourth-order valence-corrected chi connectivity index (χ4v) is 3.99. The summed E-state index contributed by atoms with van der Waals surface area (Å²) in [7, 11) is -2.32. The molecule has 0 aliphatic heterocycles. The van der Waals surface area contributed by atoms with Crippen molar-refractivity contribution in [3.8, 4) is 17.1 Å². The zero-order valence-electron chi connectivity index (χ0n) is 16.0. The third kappa shape index (κ3) is 4.31. The molecule has 0 bridgehead atoms. The highest BCUT2D eigenvalue weighted by Gasteiger charge is 2.18. The number of rotatable bonds is 7. The van der Waals surface area contributed by atoms with Crippen LogP contribution >= 0.6 is 0 Å². The molecule has 4 rings (SSSR count). The lowest BCUT2D eigenvalue weighted by Gasteiger charge is -2.12. The minimum absolute atomic E-state index is 0.106. The predicted octanol–water partition coefficient (Wildman–Crippen LogP) is 3.53. The molecule has 0 saturated heterocycles. The maximum atomic E-state index is 12.8. The van der Waals surface area contributed by atoms with Gasteiger partial charge in [-0.3, -0.25) is 9.71 Å². The molecule has 9 heteroatoms. The summed E-state index contributed by atoms with van der Waals surface area (Å²) >= 11 is 0. The Labute approximate surface area is 173 Å². The van der Waals surface area contributed by atoms with E-state index in [9.17, 15) is 8.42 Å². The summed E-state index contributed by atoms with van der Waals surface area (Å²) in [6.07, 6.45) is 3.57. The van der Waals surface area contributed by atoms with Crippen LogP contribution in [0.1, 0.15) is 11.5 Å². The molecule has 0 radical (unpaired) electrons. The quantitative estimate of drug-likeness (QED) is 0.485. The summed E-state index contributed by atoms with van der Waals surface area (Å²) in [6, 6.07) is 16.9. The molecule has 2 aromatic heterocycles. The largest absolute Gasteiger partial charge is 0.497 e. The lowest BCUT2D eigenvalue weighted by molar-refractivity contribution is 0.386. The van der Waals surface area contributed by atoms with Gasteiger partial charge in [0.05, 0.1) is 24.1 Å². The molecule has 0 spiro atoms. The number of para-hydroxylation sites is 1. The smallest absolute Gasteiger partial charge is 0.262 e. The van der Waals surface area contributed by atoms with E-state index in [0.717, 1.165) is 5.56 Å². The normalized spacial score (nSPS) is 11.2. The number of methoxy groups -OCH3 is 1. The van der Waals surface area contributed by atoms with Gasteiger partial charge in [0.15, 0.2) is 0 Å². The number of ether oxygens (including phenoxy) is 1. The van der Waals surface area contributed by atoms with Crippen molar-refractivity contribution in [2.75, 3.05) is 11.8 Å². The van der Waals surface area contributed by atoms with Crippen LogP contribution in [0, 0.1) is 0 Å². The van der Waals surface area contributed by atoms with E-state index in [4.69, 9.17) is 9.26 Å². The Balaban J connectivity index is 1.58. The highest BCUT2D eigenvalue weighted by molar-refractivity contribution is 7.92. The van der Waals surface area contributed by atoms with E-state index < -0.39 is 10.0 Å². The zero-order chi connectivity index (χ0) is 21.0. The number of nitrogens with zero attached hydrogens (tertiary/aromatic N) is 3. The molecule has 8 nitrogen and oxygen atoms in total. The van der Waals surface area contributed by atoms with Crippen molar-refractivity contribution in [2.24, 2.45) is 0 Å². The summed E-state index contributed by atoms with van der Waals surface area (Å²) in [5.74, 6) is 1.28. The van der Waals surface area contributed by atoms with Gasteiger partial charge in [-0.2, -0.15) is 4.98 Å². The summed E-state index contributed by atoms with van der Waals surface area (Å²) < 4.78 is 38.8. The second-order valence-electron chi connectivity index (χ2n) is 6.37. The minimum atomic E-state index is -3.80. The van der Waals surface area contributed by atoms with Crippen LogP contribution in [0.2, 0.25) is 0 Å². The number of pyridine rings is 1. The van der Waals surface area contributed by atoms with Crippen molar-refractivity contribution in [3.63, 3.8) is 0 Å². The van der Waals surface area contributed by atoms with E-state index in [1.165, 1.54) is 19.2 Å². The van der Waals surface area contributed by atoms with Gasteiger partial charge in [0, 0.05) is 24.0 Å². The molecule has 2 heterocycles. The topological polar surface area (TPSA) is 107 Å². The molecule has 0 amide bonds. The van der Waals surface area contributed by atoms with Crippen molar-refractivity contribution < 1.29 is 17.7 Å². The molecular weight excluding hydrogens is 404 g/mol. The summed E-state index contributed by atoms with van der Waals surface area (Å²) in [6.45, 7) is 0. The first-order valence-corrected chi connectivity index (χ1v) is 10.5. The van der Waals surface area contributed by atoms with Gasteiger partial charge < -0.3 is 9.26 Å². The van der Waals surface area contributed by atoms with Gasteiger partial charge in [-0.15, -0.1) is 0 Å².